The monoisotopic (exact) mass is 478 g/mol. The Bertz CT molecular complexity index is 791. The largest absolute Gasteiger partial charge is 0.467 e. The van der Waals surface area contributed by atoms with Gasteiger partial charge in [-0.2, -0.15) is 0 Å². The van der Waals surface area contributed by atoms with Gasteiger partial charge in [-0.15, -0.1) is 0 Å². The van der Waals surface area contributed by atoms with Gasteiger partial charge in [0.25, 0.3) is 5.91 Å². The Morgan fingerprint density at radius 3 is 2.15 bits per heavy atom. The number of likely N-dealkylation sites (tertiary alicyclic amines) is 1. The Morgan fingerprint density at radius 2 is 1.62 bits per heavy atom. The molecule has 5 fully saturated rings. The van der Waals surface area contributed by atoms with Crippen molar-refractivity contribution in [2.45, 2.75) is 83.4 Å². The maximum Gasteiger partial charge on any atom is 0.329 e. The highest BCUT2D eigenvalue weighted by atomic mass is 16.5. The van der Waals surface area contributed by atoms with E-state index >= 15 is 0 Å². The number of nitrogens with one attached hydrogen (secondary N) is 1. The number of aliphatic hydroxyl groups is 1. The normalized spacial score (nSPS) is 34.7. The third-order valence-electron chi connectivity index (χ3n) is 8.18. The van der Waals surface area contributed by atoms with E-state index in [1.54, 1.807) is 0 Å². The summed E-state index contributed by atoms with van der Waals surface area (Å²) in [6.07, 6.45) is 5.96. The van der Waals surface area contributed by atoms with Crippen molar-refractivity contribution >= 4 is 23.8 Å². The van der Waals surface area contributed by atoms with Gasteiger partial charge in [0.15, 0.2) is 6.61 Å². The molecule has 190 valence electrons. The lowest BCUT2D eigenvalue weighted by Gasteiger charge is -2.56. The molecule has 2 unspecified atom stereocenters. The molecule has 0 spiro atoms. The zero-order valence-corrected chi connectivity index (χ0v) is 20.5. The van der Waals surface area contributed by atoms with Crippen LogP contribution >= 0.6 is 0 Å². The van der Waals surface area contributed by atoms with Crippen LogP contribution in [0.15, 0.2) is 0 Å². The van der Waals surface area contributed by atoms with E-state index < -0.39 is 48.1 Å². The van der Waals surface area contributed by atoms with Crippen LogP contribution in [0.1, 0.15) is 65.2 Å². The molecule has 9 heteroatoms. The van der Waals surface area contributed by atoms with Crippen molar-refractivity contribution in [3.05, 3.63) is 0 Å². The van der Waals surface area contributed by atoms with Crippen LogP contribution in [0, 0.1) is 29.1 Å². The van der Waals surface area contributed by atoms with Gasteiger partial charge in [-0.1, -0.05) is 13.8 Å². The van der Waals surface area contributed by atoms with Gasteiger partial charge in [-0.25, -0.2) is 9.59 Å². The number of β-amino-alcohol motifs (C(OH)–C–C–N with tert-alkyl or cyclic N) is 1. The van der Waals surface area contributed by atoms with E-state index in [2.05, 4.69) is 5.32 Å². The molecule has 34 heavy (non-hydrogen) atoms. The lowest BCUT2D eigenvalue weighted by molar-refractivity contribution is -0.166. The minimum absolute atomic E-state index is 0.0303. The Morgan fingerprint density at radius 1 is 1.03 bits per heavy atom. The summed E-state index contributed by atoms with van der Waals surface area (Å²) in [6, 6.07) is -1.71. The van der Waals surface area contributed by atoms with Crippen LogP contribution in [-0.4, -0.2) is 72.2 Å². The second-order valence-corrected chi connectivity index (χ2v) is 11.4. The van der Waals surface area contributed by atoms with Crippen molar-refractivity contribution in [2.24, 2.45) is 29.1 Å². The van der Waals surface area contributed by atoms with Crippen LogP contribution in [0.5, 0.6) is 0 Å². The number of rotatable bonds is 8. The summed E-state index contributed by atoms with van der Waals surface area (Å²) < 4.78 is 9.99. The quantitative estimate of drug-likeness (QED) is 0.506. The fourth-order valence-corrected chi connectivity index (χ4v) is 7.24. The number of carbonyl (C=O) groups is 4. The summed E-state index contributed by atoms with van der Waals surface area (Å²) in [4.78, 5) is 52.4. The van der Waals surface area contributed by atoms with Gasteiger partial charge >= 0.3 is 11.9 Å². The molecule has 4 aliphatic carbocycles. The molecule has 1 saturated heterocycles. The van der Waals surface area contributed by atoms with E-state index in [9.17, 15) is 24.3 Å². The third kappa shape index (κ3) is 5.09. The first-order valence-electron chi connectivity index (χ1n) is 12.6. The summed E-state index contributed by atoms with van der Waals surface area (Å²) in [5, 5.41) is 12.8. The zero-order chi connectivity index (χ0) is 24.6. The lowest BCUT2D eigenvalue weighted by atomic mass is 9.49. The van der Waals surface area contributed by atoms with Crippen LogP contribution in [0.4, 0.5) is 0 Å². The Hall–Kier alpha value is -2.16. The second-order valence-electron chi connectivity index (χ2n) is 11.4. The van der Waals surface area contributed by atoms with E-state index in [0.29, 0.717) is 24.2 Å². The van der Waals surface area contributed by atoms with E-state index in [4.69, 9.17) is 9.47 Å². The van der Waals surface area contributed by atoms with Crippen molar-refractivity contribution in [1.82, 2.24) is 10.2 Å². The number of carbonyl (C=O) groups excluding carboxylic acids is 4. The standard InChI is InChI=1S/C25H38N2O7/c1-14(2)4-19(22(30)33-3)26-21(29)13-34-23(31)20-8-18(28)12-27(20)24(32)25-9-15-5-16(10-25)7-17(6-15)11-25/h14-20,28H,4-13H2,1-3H3,(H,26,29)/t15?,16?,17?,18?,19?,20-,25?/m0/s1. The summed E-state index contributed by atoms with van der Waals surface area (Å²) in [7, 11) is 1.25. The molecule has 9 nitrogen and oxygen atoms in total. The van der Waals surface area contributed by atoms with Crippen LogP contribution in [-0.2, 0) is 28.7 Å². The fraction of sp³-hybridized carbons (Fsp3) is 0.840. The smallest absolute Gasteiger partial charge is 0.329 e. The molecular weight excluding hydrogens is 440 g/mol. The summed E-state index contributed by atoms with van der Waals surface area (Å²) in [5.41, 5.74) is -0.417. The Kier molecular flexibility index (Phi) is 7.22. The SMILES string of the molecule is COC(=O)C(CC(C)C)NC(=O)COC(=O)[C@@H]1CC(O)CN1C(=O)C12CC3CC(CC(C3)C1)C2. The second kappa shape index (κ2) is 9.84. The highest BCUT2D eigenvalue weighted by Crippen LogP contribution is 2.60. The van der Waals surface area contributed by atoms with Crippen LogP contribution in [0.25, 0.3) is 0 Å². The van der Waals surface area contributed by atoms with Gasteiger partial charge < -0.3 is 24.8 Å². The van der Waals surface area contributed by atoms with Crippen LogP contribution < -0.4 is 5.32 Å². The molecule has 5 aliphatic rings. The predicted molar refractivity (Wildman–Crippen MR) is 121 cm³/mol. The average Bonchev–Trinajstić information content (AvgIpc) is 3.16. The van der Waals surface area contributed by atoms with E-state index in [0.717, 1.165) is 19.3 Å². The summed E-state index contributed by atoms with van der Waals surface area (Å²) in [5.74, 6) is 0.0272. The molecule has 0 aromatic heterocycles. The first kappa shape index (κ1) is 24.9. The predicted octanol–water partition coefficient (Wildman–Crippen LogP) is 1.41. The molecule has 0 radical (unpaired) electrons. The Balaban J connectivity index is 1.36. The molecule has 2 amide bonds. The van der Waals surface area contributed by atoms with Crippen molar-refractivity contribution in [3.63, 3.8) is 0 Å². The number of ether oxygens (including phenoxy) is 2. The first-order valence-corrected chi connectivity index (χ1v) is 12.6. The maximum absolute atomic E-state index is 13.7. The molecule has 0 aromatic carbocycles. The van der Waals surface area contributed by atoms with Gasteiger partial charge in [0, 0.05) is 13.0 Å². The zero-order valence-electron chi connectivity index (χ0n) is 20.5. The van der Waals surface area contributed by atoms with E-state index in [-0.39, 0.29) is 24.8 Å². The molecule has 5 rings (SSSR count). The Labute approximate surface area is 200 Å². The number of methoxy groups -OCH3 is 1. The minimum atomic E-state index is -0.893. The van der Waals surface area contributed by atoms with Gasteiger partial charge in [-0.05, 0) is 68.6 Å². The molecule has 4 bridgehead atoms. The highest BCUT2D eigenvalue weighted by Gasteiger charge is 2.57. The highest BCUT2D eigenvalue weighted by molar-refractivity contribution is 5.90. The number of amides is 2. The van der Waals surface area contributed by atoms with E-state index in [1.807, 2.05) is 13.8 Å². The maximum atomic E-state index is 13.7. The molecule has 0 aromatic rings. The fourth-order valence-electron chi connectivity index (χ4n) is 7.24. The molecule has 1 heterocycles. The van der Waals surface area contributed by atoms with Crippen LogP contribution in [0.2, 0.25) is 0 Å². The summed E-state index contributed by atoms with van der Waals surface area (Å²) in [6.45, 7) is 3.40. The van der Waals surface area contributed by atoms with Crippen LogP contribution in [0.3, 0.4) is 0 Å². The molecule has 1 aliphatic heterocycles. The molecule has 3 atom stereocenters. The summed E-state index contributed by atoms with van der Waals surface area (Å²) >= 11 is 0. The van der Waals surface area contributed by atoms with Gasteiger partial charge in [0.05, 0.1) is 18.6 Å². The lowest BCUT2D eigenvalue weighted by Crippen LogP contribution is -2.56. The average molecular weight is 479 g/mol. The van der Waals surface area contributed by atoms with Gasteiger partial charge in [0.1, 0.15) is 12.1 Å². The molecule has 2 N–H and O–H groups in total. The number of hydrogen-bond donors (Lipinski definition) is 2. The number of esters is 2. The molecule has 4 saturated carbocycles. The van der Waals surface area contributed by atoms with Crippen molar-refractivity contribution in [1.29, 1.82) is 0 Å². The first-order chi connectivity index (χ1) is 16.1. The number of aliphatic hydroxyl groups excluding tert-OH is 1. The van der Waals surface area contributed by atoms with Crippen molar-refractivity contribution in [3.8, 4) is 0 Å². The van der Waals surface area contributed by atoms with Gasteiger partial charge in [-0.3, -0.25) is 9.59 Å². The van der Waals surface area contributed by atoms with E-state index in [1.165, 1.54) is 31.3 Å². The topological polar surface area (TPSA) is 122 Å². The number of hydrogen-bond acceptors (Lipinski definition) is 7. The van der Waals surface area contributed by atoms with Crippen molar-refractivity contribution in [2.75, 3.05) is 20.3 Å². The minimum Gasteiger partial charge on any atom is -0.467 e. The third-order valence-corrected chi connectivity index (χ3v) is 8.18. The number of nitrogens with zero attached hydrogens (tertiary/aromatic N) is 1. The van der Waals surface area contributed by atoms with Gasteiger partial charge in [0.2, 0.25) is 5.91 Å². The molecular formula is C25H38N2O7. The van der Waals surface area contributed by atoms with Crippen molar-refractivity contribution < 1.29 is 33.8 Å².